The fraction of sp³-hybridized carbons (Fsp3) is 0. The number of para-hydroxylation sites is 2. The first kappa shape index (κ1) is 12.4. The van der Waals surface area contributed by atoms with Gasteiger partial charge in [0.25, 0.3) is 0 Å². The highest BCUT2D eigenvalue weighted by Crippen LogP contribution is 2.37. The molecule has 110 valence electrons. The van der Waals surface area contributed by atoms with E-state index in [1.54, 1.807) is 60.7 Å². The average Bonchev–Trinajstić information content (AvgIpc) is 2.56. The van der Waals surface area contributed by atoms with Crippen molar-refractivity contribution in [1.29, 1.82) is 0 Å². The Kier molecular flexibility index (Phi) is 3.79. The Morgan fingerprint density at radius 3 is 1.55 bits per heavy atom. The maximum atomic E-state index is 7.52. The van der Waals surface area contributed by atoms with Crippen LogP contribution in [0.15, 0.2) is 72.7 Å². The minimum atomic E-state index is 0.443. The molecule has 4 heteroatoms. The van der Waals surface area contributed by atoms with Crippen LogP contribution in [0.5, 0.6) is 0 Å². The molecule has 0 atom stereocenters. The molecule has 0 amide bonds. The van der Waals surface area contributed by atoms with Gasteiger partial charge in [-0.15, -0.1) is 0 Å². The first-order valence-corrected chi connectivity index (χ1v) is 7.43. The molecule has 0 aliphatic carbocycles. The predicted molar refractivity (Wildman–Crippen MR) is 95.9 cm³/mol. The number of nitrogens with one attached hydrogen (secondary N) is 2. The maximum Gasteiger partial charge on any atom is 0.0876 e. The van der Waals surface area contributed by atoms with Crippen molar-refractivity contribution in [3.8, 4) is 0 Å². The quantitative estimate of drug-likeness (QED) is 0.571. The van der Waals surface area contributed by atoms with Crippen LogP contribution in [0.2, 0.25) is 10.0 Å². The highest BCUT2D eigenvalue weighted by Gasteiger charge is 2.09. The van der Waals surface area contributed by atoms with Gasteiger partial charge in [0.2, 0.25) is 0 Å². The van der Waals surface area contributed by atoms with Gasteiger partial charge in [-0.1, -0.05) is 59.6 Å². The number of hydrogen-bond acceptors (Lipinski definition) is 2. The molecule has 0 heterocycles. The molecule has 22 heavy (non-hydrogen) atoms. The number of hydrogen-bond donors (Lipinski definition) is 2. The third kappa shape index (κ3) is 3.53. The second kappa shape index (κ2) is 6.73. The topological polar surface area (TPSA) is 24.1 Å². The molecule has 0 saturated carbocycles. The Morgan fingerprint density at radius 1 is 0.727 bits per heavy atom. The second-order valence-electron chi connectivity index (χ2n) is 4.64. The van der Waals surface area contributed by atoms with Gasteiger partial charge >= 0.3 is 0 Å². The van der Waals surface area contributed by atoms with Crippen LogP contribution in [0.4, 0.5) is 22.7 Å². The molecule has 3 rings (SSSR count). The summed E-state index contributed by atoms with van der Waals surface area (Å²) in [5.41, 5.74) is 2.97. The molecule has 0 aliphatic heterocycles. The fourth-order valence-electron chi connectivity index (χ4n) is 2.02. The summed E-state index contributed by atoms with van der Waals surface area (Å²) in [6, 6.07) is 18.4. The molecule has 0 unspecified atom stereocenters. The monoisotopic (exact) mass is 332 g/mol. The molecular weight excluding hydrogens is 315 g/mol. The molecule has 0 fully saturated rings. The first-order chi connectivity index (χ1) is 11.5. The number of benzene rings is 3. The van der Waals surface area contributed by atoms with Gasteiger partial charge in [0.05, 0.1) is 19.1 Å². The van der Waals surface area contributed by atoms with Crippen molar-refractivity contribution in [3.63, 3.8) is 0 Å². The van der Waals surface area contributed by atoms with Crippen LogP contribution in [-0.2, 0) is 0 Å². The van der Waals surface area contributed by atoms with Crippen molar-refractivity contribution in [2.45, 2.75) is 0 Å². The van der Waals surface area contributed by atoms with Crippen LogP contribution in [0, 0.1) is 0 Å². The molecule has 0 aliphatic rings. The van der Waals surface area contributed by atoms with E-state index in [0.29, 0.717) is 33.5 Å². The van der Waals surface area contributed by atoms with Gasteiger partial charge in [-0.25, -0.2) is 0 Å². The SMILES string of the molecule is [3H]c1ccc(Nc2cc(Cl)cc(Nc3ccc([3H])cc3)c2Cl)cc1. The zero-order valence-corrected chi connectivity index (χ0v) is 13.0. The number of halogens is 2. The molecule has 0 radical (unpaired) electrons. The number of anilines is 4. The van der Waals surface area contributed by atoms with E-state index in [9.17, 15) is 0 Å². The molecule has 2 N–H and O–H groups in total. The molecule has 0 bridgehead atoms. The molecular formula is C18H14Cl2N2. The first-order valence-electron chi connectivity index (χ1n) is 7.68. The predicted octanol–water partition coefficient (Wildman–Crippen LogP) is 6.48. The van der Waals surface area contributed by atoms with Crippen LogP contribution in [0.1, 0.15) is 2.74 Å². The molecule has 0 saturated heterocycles. The lowest BCUT2D eigenvalue weighted by molar-refractivity contribution is 1.51. The Bertz CT molecular complexity index is 781. The van der Waals surface area contributed by atoms with E-state index in [-0.39, 0.29) is 0 Å². The van der Waals surface area contributed by atoms with Gasteiger partial charge in [-0.05, 0) is 36.4 Å². The van der Waals surface area contributed by atoms with Gasteiger partial charge in [-0.3, -0.25) is 0 Å². The van der Waals surface area contributed by atoms with E-state index in [1.165, 1.54) is 0 Å². The number of rotatable bonds is 4. The van der Waals surface area contributed by atoms with Gasteiger partial charge < -0.3 is 10.6 Å². The molecule has 0 spiro atoms. The summed E-state index contributed by atoms with van der Waals surface area (Å²) in [6.45, 7) is 0. The van der Waals surface area contributed by atoms with Gasteiger partial charge in [0, 0.05) is 16.4 Å². The summed E-state index contributed by atoms with van der Waals surface area (Å²) in [5, 5.41) is 7.46. The van der Waals surface area contributed by atoms with E-state index in [1.807, 2.05) is 0 Å². The van der Waals surface area contributed by atoms with Crippen LogP contribution < -0.4 is 10.6 Å². The summed E-state index contributed by atoms with van der Waals surface area (Å²) in [7, 11) is 0. The lowest BCUT2D eigenvalue weighted by atomic mass is 10.2. The third-order valence-electron chi connectivity index (χ3n) is 3.03. The minimum absolute atomic E-state index is 0.443. The zero-order valence-electron chi connectivity index (χ0n) is 13.5. The lowest BCUT2D eigenvalue weighted by Gasteiger charge is -2.14. The largest absolute Gasteiger partial charge is 0.354 e. The summed E-state index contributed by atoms with van der Waals surface area (Å²) >= 11 is 12.7. The van der Waals surface area contributed by atoms with E-state index >= 15 is 0 Å². The average molecular weight is 333 g/mol. The van der Waals surface area contributed by atoms with Crippen LogP contribution in [0.3, 0.4) is 0 Å². The second-order valence-corrected chi connectivity index (χ2v) is 5.46. The maximum absolute atomic E-state index is 7.52. The van der Waals surface area contributed by atoms with Gasteiger partial charge in [-0.2, -0.15) is 0 Å². The van der Waals surface area contributed by atoms with E-state index in [0.717, 1.165) is 11.4 Å². The van der Waals surface area contributed by atoms with Gasteiger partial charge in [0.15, 0.2) is 0 Å². The fourth-order valence-corrected chi connectivity index (χ4v) is 2.44. The Balaban J connectivity index is 1.89. The standard InChI is InChI=1S/C18H14Cl2N2/c19-13-11-16(21-14-7-3-1-4-8-14)18(20)17(12-13)22-15-9-5-2-6-10-15/h1-12,21-22H/i1T,2T. The third-order valence-corrected chi connectivity index (χ3v) is 3.66. The summed E-state index contributed by atoms with van der Waals surface area (Å²) in [4.78, 5) is 0. The highest BCUT2D eigenvalue weighted by atomic mass is 35.5. The molecule has 3 aromatic rings. The smallest absolute Gasteiger partial charge is 0.0876 e. The molecule has 3 aromatic carbocycles. The van der Waals surface area contributed by atoms with Crippen molar-refractivity contribution >= 4 is 46.0 Å². The summed E-state index contributed by atoms with van der Waals surface area (Å²) < 4.78 is 15.0. The van der Waals surface area contributed by atoms with Crippen LogP contribution in [0.25, 0.3) is 0 Å². The Hall–Kier alpha value is -2.16. The van der Waals surface area contributed by atoms with Crippen LogP contribution in [-0.4, -0.2) is 0 Å². The van der Waals surface area contributed by atoms with E-state index < -0.39 is 0 Å². The van der Waals surface area contributed by atoms with Gasteiger partial charge in [0.1, 0.15) is 0 Å². The van der Waals surface area contributed by atoms with E-state index in [4.69, 9.17) is 25.9 Å². The summed E-state index contributed by atoms with van der Waals surface area (Å²) in [5.74, 6) is 0. The van der Waals surface area contributed by atoms with Crippen molar-refractivity contribution in [2.75, 3.05) is 10.6 Å². The Labute approximate surface area is 142 Å². The normalized spacial score (nSPS) is 11.5. The zero-order chi connectivity index (χ0) is 17.1. The molecule has 0 aromatic heterocycles. The summed E-state index contributed by atoms with van der Waals surface area (Å²) in [6.07, 6.45) is 0. The van der Waals surface area contributed by atoms with E-state index in [2.05, 4.69) is 10.6 Å². The molecule has 2 nitrogen and oxygen atoms in total. The van der Waals surface area contributed by atoms with Crippen LogP contribution >= 0.6 is 23.2 Å². The van der Waals surface area contributed by atoms with Crippen molar-refractivity contribution < 1.29 is 2.74 Å². The Morgan fingerprint density at radius 2 is 1.14 bits per heavy atom. The highest BCUT2D eigenvalue weighted by molar-refractivity contribution is 6.38. The van der Waals surface area contributed by atoms with Crippen molar-refractivity contribution in [1.82, 2.24) is 0 Å². The van der Waals surface area contributed by atoms with Crippen molar-refractivity contribution in [2.24, 2.45) is 0 Å². The minimum Gasteiger partial charge on any atom is -0.354 e. The van der Waals surface area contributed by atoms with Crippen molar-refractivity contribution in [3.05, 3.63) is 82.8 Å². The lowest BCUT2D eigenvalue weighted by Crippen LogP contribution is -1.96.